The number of hydrogen-bond acceptors (Lipinski definition) is 3. The van der Waals surface area contributed by atoms with E-state index in [0.29, 0.717) is 23.3 Å². The van der Waals surface area contributed by atoms with Gasteiger partial charge in [-0.25, -0.2) is 4.79 Å². The van der Waals surface area contributed by atoms with Gasteiger partial charge in [-0.3, -0.25) is 0 Å². The molecule has 1 aromatic carbocycles. The molecule has 0 atom stereocenters. The summed E-state index contributed by atoms with van der Waals surface area (Å²) >= 11 is 0. The second-order valence-electron chi connectivity index (χ2n) is 4.37. The van der Waals surface area contributed by atoms with Crippen LogP contribution < -0.4 is 4.74 Å². The van der Waals surface area contributed by atoms with Crippen molar-refractivity contribution in [1.29, 1.82) is 0 Å². The highest BCUT2D eigenvalue weighted by Crippen LogP contribution is 2.35. The van der Waals surface area contributed by atoms with Gasteiger partial charge in [-0.15, -0.1) is 0 Å². The molecule has 1 rings (SSSR count). The van der Waals surface area contributed by atoms with E-state index in [1.165, 1.54) is 13.2 Å². The summed E-state index contributed by atoms with van der Waals surface area (Å²) in [4.78, 5) is 11.2. The van der Waals surface area contributed by atoms with Gasteiger partial charge in [0.15, 0.2) is 0 Å². The minimum absolute atomic E-state index is 0.145. The number of aromatic carboxylic acids is 1. The summed E-state index contributed by atoms with van der Waals surface area (Å²) in [5, 5.41) is 19.3. The fourth-order valence-corrected chi connectivity index (χ4v) is 1.78. The van der Waals surface area contributed by atoms with Gasteiger partial charge in [-0.05, 0) is 31.9 Å². The Balaban J connectivity index is 3.52. The molecule has 0 saturated heterocycles. The van der Waals surface area contributed by atoms with E-state index in [0.717, 1.165) is 5.57 Å². The number of carboxylic acid groups (broad SMARTS) is 1. The van der Waals surface area contributed by atoms with Crippen LogP contribution in [0.2, 0.25) is 0 Å². The Labute approximate surface area is 112 Å². The molecule has 0 aliphatic rings. The molecule has 1 aromatic rings. The van der Waals surface area contributed by atoms with Gasteiger partial charge in [-0.2, -0.15) is 0 Å². The summed E-state index contributed by atoms with van der Waals surface area (Å²) in [5.41, 5.74) is 1.73. The molecule has 102 valence electrons. The van der Waals surface area contributed by atoms with Crippen molar-refractivity contribution in [2.24, 2.45) is 0 Å². The van der Waals surface area contributed by atoms with Crippen LogP contribution in [0.5, 0.6) is 11.5 Å². The van der Waals surface area contributed by atoms with Crippen LogP contribution in [-0.4, -0.2) is 23.3 Å². The summed E-state index contributed by atoms with van der Waals surface area (Å²) in [7, 11) is 1.48. The van der Waals surface area contributed by atoms with Crippen LogP contribution in [0, 0.1) is 0 Å². The topological polar surface area (TPSA) is 66.8 Å². The maximum atomic E-state index is 11.2. The van der Waals surface area contributed by atoms with Gasteiger partial charge >= 0.3 is 5.97 Å². The molecule has 4 heteroatoms. The molecule has 0 unspecified atom stereocenters. The van der Waals surface area contributed by atoms with Crippen LogP contribution in [0.1, 0.15) is 35.3 Å². The van der Waals surface area contributed by atoms with Gasteiger partial charge in [0.05, 0.1) is 7.11 Å². The molecule has 0 spiro atoms. The van der Waals surface area contributed by atoms with Gasteiger partial charge < -0.3 is 14.9 Å². The van der Waals surface area contributed by atoms with Crippen molar-refractivity contribution in [2.45, 2.75) is 20.3 Å². The maximum Gasteiger partial charge on any atom is 0.340 e. The first kappa shape index (κ1) is 14.8. The Bertz CT molecular complexity index is 538. The molecule has 0 amide bonds. The quantitative estimate of drug-likeness (QED) is 0.799. The minimum Gasteiger partial charge on any atom is -0.507 e. The van der Waals surface area contributed by atoms with Crippen molar-refractivity contribution in [1.82, 2.24) is 0 Å². The molecular weight excluding hydrogens is 244 g/mol. The van der Waals surface area contributed by atoms with Crippen LogP contribution in [0.4, 0.5) is 0 Å². The lowest BCUT2D eigenvalue weighted by atomic mass is 9.98. The standard InChI is InChI=1S/C15H18O4/c1-5-10-8-12(19-4)11(7-6-9(2)3)14(16)13(10)15(17)18/h5-6,8,16H,1,7H2,2-4H3,(H,17,18). The number of allylic oxidation sites excluding steroid dienone is 2. The number of methoxy groups -OCH3 is 1. The predicted molar refractivity (Wildman–Crippen MR) is 74.8 cm³/mol. The van der Waals surface area contributed by atoms with Gasteiger partial charge in [0.25, 0.3) is 0 Å². The van der Waals surface area contributed by atoms with Gasteiger partial charge in [0.2, 0.25) is 0 Å². The van der Waals surface area contributed by atoms with Crippen molar-refractivity contribution in [3.05, 3.63) is 41.0 Å². The molecule has 2 N–H and O–H groups in total. The number of rotatable bonds is 5. The van der Waals surface area contributed by atoms with E-state index in [1.54, 1.807) is 6.07 Å². The van der Waals surface area contributed by atoms with E-state index in [2.05, 4.69) is 6.58 Å². The number of phenols is 1. The fourth-order valence-electron chi connectivity index (χ4n) is 1.78. The highest BCUT2D eigenvalue weighted by Gasteiger charge is 2.21. The minimum atomic E-state index is -1.19. The van der Waals surface area contributed by atoms with Crippen LogP contribution in [-0.2, 0) is 6.42 Å². The van der Waals surface area contributed by atoms with Gasteiger partial charge in [0, 0.05) is 5.56 Å². The number of hydrogen-bond donors (Lipinski definition) is 2. The van der Waals surface area contributed by atoms with Crippen LogP contribution in [0.3, 0.4) is 0 Å². The summed E-state index contributed by atoms with van der Waals surface area (Å²) in [6.45, 7) is 7.41. The lowest BCUT2D eigenvalue weighted by Crippen LogP contribution is -2.04. The molecule has 19 heavy (non-hydrogen) atoms. The molecule has 0 saturated carbocycles. The average Bonchev–Trinajstić information content (AvgIpc) is 2.35. The Hall–Kier alpha value is -2.23. The number of ether oxygens (including phenoxy) is 1. The first-order valence-corrected chi connectivity index (χ1v) is 5.84. The zero-order chi connectivity index (χ0) is 14.6. The van der Waals surface area contributed by atoms with Gasteiger partial charge in [0.1, 0.15) is 17.1 Å². The molecule has 0 aliphatic carbocycles. The summed E-state index contributed by atoms with van der Waals surface area (Å²) in [5.74, 6) is -0.998. The monoisotopic (exact) mass is 262 g/mol. The Morgan fingerprint density at radius 2 is 2.11 bits per heavy atom. The number of carbonyl (C=O) groups is 1. The molecule has 0 heterocycles. The zero-order valence-electron chi connectivity index (χ0n) is 11.4. The van der Waals surface area contributed by atoms with E-state index < -0.39 is 5.97 Å². The first-order valence-electron chi connectivity index (χ1n) is 5.84. The van der Waals surface area contributed by atoms with Crippen molar-refractivity contribution in [3.63, 3.8) is 0 Å². The lowest BCUT2D eigenvalue weighted by molar-refractivity contribution is 0.0693. The van der Waals surface area contributed by atoms with Crippen LogP contribution >= 0.6 is 0 Å². The van der Waals surface area contributed by atoms with E-state index >= 15 is 0 Å². The second kappa shape index (κ2) is 6.09. The largest absolute Gasteiger partial charge is 0.507 e. The van der Waals surface area contributed by atoms with Crippen molar-refractivity contribution in [3.8, 4) is 11.5 Å². The molecule has 0 radical (unpaired) electrons. The normalized spacial score (nSPS) is 9.84. The van der Waals surface area contributed by atoms with E-state index in [1.807, 2.05) is 19.9 Å². The SMILES string of the molecule is C=Cc1cc(OC)c(CC=C(C)C)c(O)c1C(=O)O. The number of aromatic hydroxyl groups is 1. The zero-order valence-corrected chi connectivity index (χ0v) is 11.4. The van der Waals surface area contributed by atoms with Crippen molar-refractivity contribution < 1.29 is 19.7 Å². The van der Waals surface area contributed by atoms with Gasteiger partial charge in [-0.1, -0.05) is 24.3 Å². The van der Waals surface area contributed by atoms with E-state index in [9.17, 15) is 15.0 Å². The number of benzene rings is 1. The maximum absolute atomic E-state index is 11.2. The van der Waals surface area contributed by atoms with Crippen LogP contribution in [0.25, 0.3) is 6.08 Å². The fraction of sp³-hybridized carbons (Fsp3) is 0.267. The Morgan fingerprint density at radius 3 is 2.53 bits per heavy atom. The molecular formula is C15H18O4. The van der Waals surface area contributed by atoms with Crippen LogP contribution in [0.15, 0.2) is 24.3 Å². The Morgan fingerprint density at radius 1 is 1.47 bits per heavy atom. The molecule has 0 bridgehead atoms. The second-order valence-corrected chi connectivity index (χ2v) is 4.37. The van der Waals surface area contributed by atoms with Crippen molar-refractivity contribution in [2.75, 3.05) is 7.11 Å². The molecule has 0 aromatic heterocycles. The summed E-state index contributed by atoms with van der Waals surface area (Å²) in [6, 6.07) is 1.57. The highest BCUT2D eigenvalue weighted by molar-refractivity contribution is 5.96. The van der Waals surface area contributed by atoms with Crippen molar-refractivity contribution >= 4 is 12.0 Å². The number of carboxylic acids is 1. The molecule has 0 fully saturated rings. The van der Waals surface area contributed by atoms with E-state index in [4.69, 9.17) is 4.74 Å². The predicted octanol–water partition coefficient (Wildman–Crippen LogP) is 3.25. The third-order valence-corrected chi connectivity index (χ3v) is 2.76. The van der Waals surface area contributed by atoms with E-state index in [-0.39, 0.29) is 11.3 Å². The molecule has 0 aliphatic heterocycles. The summed E-state index contributed by atoms with van der Waals surface area (Å²) < 4.78 is 5.21. The highest BCUT2D eigenvalue weighted by atomic mass is 16.5. The first-order chi connectivity index (χ1) is 8.92. The molecule has 4 nitrogen and oxygen atoms in total. The average molecular weight is 262 g/mol. The smallest absolute Gasteiger partial charge is 0.340 e. The third kappa shape index (κ3) is 3.16. The Kier molecular flexibility index (Phi) is 4.75. The third-order valence-electron chi connectivity index (χ3n) is 2.76. The summed E-state index contributed by atoms with van der Waals surface area (Å²) in [6.07, 6.45) is 3.70. The lowest BCUT2D eigenvalue weighted by Gasteiger charge is -2.14.